The molecule has 2 aromatic carbocycles. The summed E-state index contributed by atoms with van der Waals surface area (Å²) < 4.78 is 0. The third-order valence-electron chi connectivity index (χ3n) is 4.33. The average Bonchev–Trinajstić information content (AvgIpc) is 2.64. The molecular formula is C19H18N2O2. The molecule has 0 unspecified atom stereocenters. The second-order valence-corrected chi connectivity index (χ2v) is 5.82. The number of nitroso groups, excluding NO2 is 2. The minimum absolute atomic E-state index is 0.433. The molecule has 0 heterocycles. The van der Waals surface area contributed by atoms with Gasteiger partial charge >= 0.3 is 0 Å². The van der Waals surface area contributed by atoms with Gasteiger partial charge in [0.05, 0.1) is 0 Å². The summed E-state index contributed by atoms with van der Waals surface area (Å²) in [5.74, 6) is 0. The molecule has 0 saturated heterocycles. The first kappa shape index (κ1) is 15.3. The van der Waals surface area contributed by atoms with Gasteiger partial charge in [0.15, 0.2) is 0 Å². The summed E-state index contributed by atoms with van der Waals surface area (Å²) in [6.45, 7) is 0. The van der Waals surface area contributed by atoms with Crippen molar-refractivity contribution < 1.29 is 0 Å². The van der Waals surface area contributed by atoms with Crippen molar-refractivity contribution in [3.8, 4) is 0 Å². The van der Waals surface area contributed by atoms with Crippen LogP contribution in [0.5, 0.6) is 0 Å². The molecule has 0 radical (unpaired) electrons. The Morgan fingerprint density at radius 3 is 1.48 bits per heavy atom. The molecular weight excluding hydrogens is 288 g/mol. The lowest BCUT2D eigenvalue weighted by Gasteiger charge is -2.20. The van der Waals surface area contributed by atoms with Crippen molar-refractivity contribution in [2.24, 2.45) is 10.4 Å². The van der Waals surface area contributed by atoms with Crippen LogP contribution in [0.4, 0.5) is 11.4 Å². The average molecular weight is 306 g/mol. The van der Waals surface area contributed by atoms with Crippen LogP contribution in [-0.4, -0.2) is 0 Å². The Bertz CT molecular complexity index is 669. The Morgan fingerprint density at radius 2 is 1.09 bits per heavy atom. The van der Waals surface area contributed by atoms with Crippen molar-refractivity contribution >= 4 is 16.9 Å². The van der Waals surface area contributed by atoms with E-state index in [1.54, 1.807) is 24.3 Å². The third kappa shape index (κ3) is 3.42. The molecule has 116 valence electrons. The molecule has 4 heteroatoms. The summed E-state index contributed by atoms with van der Waals surface area (Å²) in [6, 6.07) is 14.7. The smallest absolute Gasteiger partial charge is 0.108 e. The molecule has 0 atom stereocenters. The Hall–Kier alpha value is -2.62. The highest BCUT2D eigenvalue weighted by atomic mass is 16.3. The molecule has 1 fully saturated rings. The molecule has 0 spiro atoms. The Kier molecular flexibility index (Phi) is 4.71. The molecule has 1 saturated carbocycles. The number of allylic oxidation sites excluding steroid dienone is 1. The summed E-state index contributed by atoms with van der Waals surface area (Å²) in [7, 11) is 0. The maximum Gasteiger partial charge on any atom is 0.108 e. The second-order valence-electron chi connectivity index (χ2n) is 5.82. The van der Waals surface area contributed by atoms with Crippen molar-refractivity contribution in [1.29, 1.82) is 0 Å². The Balaban J connectivity index is 2.08. The van der Waals surface area contributed by atoms with Gasteiger partial charge in [0.2, 0.25) is 0 Å². The van der Waals surface area contributed by atoms with Gasteiger partial charge < -0.3 is 0 Å². The lowest BCUT2D eigenvalue weighted by Crippen LogP contribution is -2.00. The van der Waals surface area contributed by atoms with Crippen molar-refractivity contribution in [1.82, 2.24) is 0 Å². The van der Waals surface area contributed by atoms with Gasteiger partial charge in [-0.25, -0.2) is 0 Å². The molecule has 4 nitrogen and oxygen atoms in total. The summed E-state index contributed by atoms with van der Waals surface area (Å²) in [4.78, 5) is 21.3. The van der Waals surface area contributed by atoms with Crippen LogP contribution in [0.2, 0.25) is 0 Å². The Labute approximate surface area is 135 Å². The molecule has 1 aliphatic rings. The minimum Gasteiger partial charge on any atom is -0.145 e. The fraction of sp³-hybridized carbons (Fsp3) is 0.263. The van der Waals surface area contributed by atoms with Crippen LogP contribution in [-0.2, 0) is 0 Å². The van der Waals surface area contributed by atoms with Gasteiger partial charge in [0, 0.05) is 0 Å². The van der Waals surface area contributed by atoms with E-state index in [0.717, 1.165) is 24.0 Å². The van der Waals surface area contributed by atoms with Crippen LogP contribution in [0.3, 0.4) is 0 Å². The van der Waals surface area contributed by atoms with Crippen LogP contribution < -0.4 is 0 Å². The van der Waals surface area contributed by atoms with Crippen molar-refractivity contribution in [3.05, 3.63) is 75.0 Å². The van der Waals surface area contributed by atoms with E-state index in [9.17, 15) is 9.81 Å². The predicted molar refractivity (Wildman–Crippen MR) is 92.9 cm³/mol. The fourth-order valence-corrected chi connectivity index (χ4v) is 3.18. The van der Waals surface area contributed by atoms with Gasteiger partial charge in [-0.1, -0.05) is 36.3 Å². The van der Waals surface area contributed by atoms with Gasteiger partial charge in [0.25, 0.3) is 0 Å². The third-order valence-corrected chi connectivity index (χ3v) is 4.33. The molecule has 0 N–H and O–H groups in total. The standard InChI is InChI=1S/C19H18N2O2/c22-20-17-10-6-15(7-11-17)19(14-4-2-1-3-5-14)16-8-12-18(21-23)13-9-16/h6-13H,1-5H2. The van der Waals surface area contributed by atoms with E-state index < -0.39 is 0 Å². The van der Waals surface area contributed by atoms with Crippen molar-refractivity contribution in [3.63, 3.8) is 0 Å². The topological polar surface area (TPSA) is 58.9 Å². The van der Waals surface area contributed by atoms with Crippen molar-refractivity contribution in [2.45, 2.75) is 32.1 Å². The van der Waals surface area contributed by atoms with Gasteiger partial charge in [-0.15, -0.1) is 9.81 Å². The highest BCUT2D eigenvalue weighted by Gasteiger charge is 2.15. The first-order valence-corrected chi connectivity index (χ1v) is 7.91. The lowest BCUT2D eigenvalue weighted by atomic mass is 9.85. The van der Waals surface area contributed by atoms with Crippen LogP contribution in [0, 0.1) is 9.81 Å². The van der Waals surface area contributed by atoms with Gasteiger partial charge in [-0.3, -0.25) is 0 Å². The first-order chi connectivity index (χ1) is 11.3. The minimum atomic E-state index is 0.433. The summed E-state index contributed by atoms with van der Waals surface area (Å²) in [6.07, 6.45) is 5.88. The largest absolute Gasteiger partial charge is 0.145 e. The van der Waals surface area contributed by atoms with E-state index in [2.05, 4.69) is 10.4 Å². The molecule has 2 aromatic rings. The lowest BCUT2D eigenvalue weighted by molar-refractivity contribution is 0.601. The fourth-order valence-electron chi connectivity index (χ4n) is 3.18. The monoisotopic (exact) mass is 306 g/mol. The van der Waals surface area contributed by atoms with E-state index in [-0.39, 0.29) is 0 Å². The SMILES string of the molecule is O=Nc1ccc(C(=C2CCCCC2)c2ccc(N=O)cc2)cc1. The van der Waals surface area contributed by atoms with E-state index in [0.29, 0.717) is 11.4 Å². The quantitative estimate of drug-likeness (QED) is 0.627. The first-order valence-electron chi connectivity index (χ1n) is 7.91. The van der Waals surface area contributed by atoms with Crippen LogP contribution in [0.25, 0.3) is 5.57 Å². The highest BCUT2D eigenvalue weighted by Crippen LogP contribution is 2.36. The van der Waals surface area contributed by atoms with Gasteiger partial charge in [0.1, 0.15) is 11.4 Å². The zero-order valence-electron chi connectivity index (χ0n) is 12.9. The van der Waals surface area contributed by atoms with Gasteiger partial charge in [-0.2, -0.15) is 0 Å². The van der Waals surface area contributed by atoms with E-state index in [1.807, 2.05) is 24.3 Å². The van der Waals surface area contributed by atoms with Crippen LogP contribution in [0.15, 0.2) is 64.5 Å². The van der Waals surface area contributed by atoms with Gasteiger partial charge in [-0.05, 0) is 77.0 Å². The molecule has 3 rings (SSSR count). The predicted octanol–water partition coefficient (Wildman–Crippen LogP) is 6.25. The maximum absolute atomic E-state index is 10.6. The zero-order chi connectivity index (χ0) is 16.1. The summed E-state index contributed by atoms with van der Waals surface area (Å²) in [5, 5.41) is 5.93. The number of hydrogen-bond donors (Lipinski definition) is 0. The molecule has 0 bridgehead atoms. The zero-order valence-corrected chi connectivity index (χ0v) is 12.9. The van der Waals surface area contributed by atoms with Crippen LogP contribution >= 0.6 is 0 Å². The highest BCUT2D eigenvalue weighted by molar-refractivity contribution is 5.83. The second kappa shape index (κ2) is 7.09. The normalized spacial score (nSPS) is 14.3. The molecule has 1 aliphatic carbocycles. The maximum atomic E-state index is 10.6. The Morgan fingerprint density at radius 1 is 0.652 bits per heavy atom. The molecule has 0 aromatic heterocycles. The molecule has 23 heavy (non-hydrogen) atoms. The van der Waals surface area contributed by atoms with E-state index in [4.69, 9.17) is 0 Å². The number of hydrogen-bond acceptors (Lipinski definition) is 4. The van der Waals surface area contributed by atoms with Crippen molar-refractivity contribution in [2.75, 3.05) is 0 Å². The van der Waals surface area contributed by atoms with Crippen LogP contribution in [0.1, 0.15) is 43.2 Å². The molecule has 0 aliphatic heterocycles. The van der Waals surface area contributed by atoms with E-state index in [1.165, 1.54) is 30.4 Å². The summed E-state index contributed by atoms with van der Waals surface area (Å²) in [5.41, 5.74) is 5.68. The molecule has 0 amide bonds. The number of benzene rings is 2. The van der Waals surface area contributed by atoms with E-state index >= 15 is 0 Å². The summed E-state index contributed by atoms with van der Waals surface area (Å²) >= 11 is 0. The number of rotatable bonds is 4. The number of nitrogens with zero attached hydrogens (tertiary/aromatic N) is 2.